The molecule has 0 aliphatic carbocycles. The minimum absolute atomic E-state index is 0.0156. The second kappa shape index (κ2) is 10.4. The van der Waals surface area contributed by atoms with E-state index < -0.39 is 20.9 Å². The first-order valence-corrected chi connectivity index (χ1v) is 12.1. The monoisotopic (exact) mass is 498 g/mol. The summed E-state index contributed by atoms with van der Waals surface area (Å²) >= 11 is 0. The highest BCUT2D eigenvalue weighted by Gasteiger charge is 2.21. The Kier molecular flexibility index (Phi) is 7.60. The molecular formula is C24H26N4O6S. The number of nitrogens with zero attached hydrogens (tertiary/aromatic N) is 2. The van der Waals surface area contributed by atoms with Crippen molar-refractivity contribution < 1.29 is 22.9 Å². The van der Waals surface area contributed by atoms with Crippen LogP contribution in [-0.2, 0) is 10.0 Å². The van der Waals surface area contributed by atoms with E-state index in [4.69, 9.17) is 4.74 Å². The van der Waals surface area contributed by atoms with Crippen LogP contribution in [0.2, 0.25) is 0 Å². The first-order chi connectivity index (χ1) is 16.5. The lowest BCUT2D eigenvalue weighted by molar-refractivity contribution is -0.384. The Bertz CT molecular complexity index is 1350. The molecule has 0 atom stereocenters. The molecule has 3 aromatic rings. The van der Waals surface area contributed by atoms with Crippen molar-refractivity contribution in [3.8, 4) is 5.75 Å². The fraction of sp³-hybridized carbons (Fsp3) is 0.208. The van der Waals surface area contributed by atoms with Crippen LogP contribution in [0.15, 0.2) is 65.6 Å². The third-order valence-electron chi connectivity index (χ3n) is 5.07. The summed E-state index contributed by atoms with van der Waals surface area (Å²) in [6.45, 7) is 3.99. The van der Waals surface area contributed by atoms with Crippen molar-refractivity contribution >= 4 is 38.7 Å². The Morgan fingerprint density at radius 3 is 2.29 bits per heavy atom. The van der Waals surface area contributed by atoms with Gasteiger partial charge in [-0.25, -0.2) is 8.42 Å². The van der Waals surface area contributed by atoms with Gasteiger partial charge in [0.2, 0.25) is 0 Å². The molecule has 2 N–H and O–H groups in total. The largest absolute Gasteiger partial charge is 0.494 e. The number of sulfonamides is 1. The molecule has 0 saturated carbocycles. The molecule has 0 unspecified atom stereocenters. The Labute approximate surface area is 203 Å². The molecule has 0 aromatic heterocycles. The van der Waals surface area contributed by atoms with Crippen molar-refractivity contribution in [2.75, 3.05) is 35.6 Å². The zero-order chi connectivity index (χ0) is 25.8. The van der Waals surface area contributed by atoms with Gasteiger partial charge in [-0.2, -0.15) is 0 Å². The van der Waals surface area contributed by atoms with Gasteiger partial charge in [0, 0.05) is 37.1 Å². The van der Waals surface area contributed by atoms with Gasteiger partial charge in [-0.15, -0.1) is 0 Å². The second-order valence-electron chi connectivity index (χ2n) is 7.85. The summed E-state index contributed by atoms with van der Waals surface area (Å²) in [5.74, 6) is 0.0141. The van der Waals surface area contributed by atoms with Gasteiger partial charge in [-0.05, 0) is 67.9 Å². The van der Waals surface area contributed by atoms with Crippen molar-refractivity contribution in [1.29, 1.82) is 0 Å². The van der Waals surface area contributed by atoms with E-state index >= 15 is 0 Å². The van der Waals surface area contributed by atoms with Gasteiger partial charge in [0.05, 0.1) is 16.4 Å². The summed E-state index contributed by atoms with van der Waals surface area (Å²) in [5.41, 5.74) is 1.28. The summed E-state index contributed by atoms with van der Waals surface area (Å²) in [6, 6.07) is 15.1. The van der Waals surface area contributed by atoms with Gasteiger partial charge in [-0.3, -0.25) is 19.6 Å². The lowest BCUT2D eigenvalue weighted by atomic mass is 10.1. The van der Waals surface area contributed by atoms with Crippen molar-refractivity contribution in [1.82, 2.24) is 0 Å². The lowest BCUT2D eigenvalue weighted by Gasteiger charge is -2.14. The first kappa shape index (κ1) is 25.5. The van der Waals surface area contributed by atoms with Crippen LogP contribution < -0.4 is 19.7 Å². The third kappa shape index (κ3) is 6.07. The number of rotatable bonds is 9. The smallest absolute Gasteiger partial charge is 0.293 e. The molecule has 35 heavy (non-hydrogen) atoms. The highest BCUT2D eigenvalue weighted by molar-refractivity contribution is 7.92. The maximum atomic E-state index is 13.0. The van der Waals surface area contributed by atoms with Gasteiger partial charge in [0.25, 0.3) is 21.6 Å². The Morgan fingerprint density at radius 2 is 1.69 bits per heavy atom. The van der Waals surface area contributed by atoms with Crippen LogP contribution in [0.3, 0.4) is 0 Å². The number of nitro benzene ring substituents is 1. The highest BCUT2D eigenvalue weighted by atomic mass is 32.2. The summed E-state index contributed by atoms with van der Waals surface area (Å²) in [5, 5.41) is 14.0. The number of amides is 1. The number of carbonyl (C=O) groups is 1. The van der Waals surface area contributed by atoms with Gasteiger partial charge in [-0.1, -0.05) is 6.07 Å². The molecule has 0 fully saturated rings. The molecule has 0 spiro atoms. The molecule has 184 valence electrons. The molecule has 3 aromatic carbocycles. The lowest BCUT2D eigenvalue weighted by Crippen LogP contribution is -2.17. The van der Waals surface area contributed by atoms with Crippen LogP contribution in [0.1, 0.15) is 22.8 Å². The van der Waals surface area contributed by atoms with Crippen LogP contribution in [-0.4, -0.2) is 40.0 Å². The van der Waals surface area contributed by atoms with Crippen molar-refractivity contribution in [3.63, 3.8) is 0 Å². The van der Waals surface area contributed by atoms with Gasteiger partial charge >= 0.3 is 0 Å². The fourth-order valence-electron chi connectivity index (χ4n) is 3.36. The molecule has 0 saturated heterocycles. The average Bonchev–Trinajstić information content (AvgIpc) is 2.81. The maximum absolute atomic E-state index is 13.0. The molecule has 0 aliphatic heterocycles. The number of nitro groups is 1. The predicted molar refractivity (Wildman–Crippen MR) is 135 cm³/mol. The van der Waals surface area contributed by atoms with Crippen molar-refractivity contribution in [2.24, 2.45) is 0 Å². The predicted octanol–water partition coefficient (Wildman–Crippen LogP) is 4.42. The number of benzene rings is 3. The normalized spacial score (nSPS) is 11.0. The topological polar surface area (TPSA) is 131 Å². The molecule has 0 aliphatic rings. The second-order valence-corrected chi connectivity index (χ2v) is 9.50. The van der Waals surface area contributed by atoms with E-state index in [1.807, 2.05) is 6.92 Å². The van der Waals surface area contributed by atoms with Gasteiger partial charge in [0.1, 0.15) is 11.4 Å². The summed E-state index contributed by atoms with van der Waals surface area (Å²) in [6.07, 6.45) is 0. The maximum Gasteiger partial charge on any atom is 0.293 e. The van der Waals surface area contributed by atoms with Crippen LogP contribution in [0.4, 0.5) is 22.7 Å². The molecule has 10 nitrogen and oxygen atoms in total. The molecular weight excluding hydrogens is 472 g/mol. The van der Waals surface area contributed by atoms with E-state index in [1.54, 1.807) is 62.3 Å². The molecule has 3 rings (SSSR count). The van der Waals surface area contributed by atoms with Gasteiger partial charge < -0.3 is 15.0 Å². The number of hydrogen-bond donors (Lipinski definition) is 2. The van der Waals surface area contributed by atoms with Crippen molar-refractivity contribution in [3.05, 3.63) is 81.9 Å². The summed E-state index contributed by atoms with van der Waals surface area (Å²) < 4.78 is 33.9. The quantitative estimate of drug-likeness (QED) is 0.330. The molecule has 1 amide bonds. The zero-order valence-corrected chi connectivity index (χ0v) is 20.5. The number of anilines is 3. The Hall–Kier alpha value is -4.12. The average molecular weight is 499 g/mol. The minimum atomic E-state index is -3.96. The standard InChI is InChI=1S/C24H26N4O6S/c1-5-34-20-11-9-18(10-12-20)26-35(32,33)23-15-19(8-6-16(23)2)25-24(29)17-7-13-21(27(3)4)22(14-17)28(30)31/h6-15,26H,5H2,1-4H3,(H,25,29). The summed E-state index contributed by atoms with van der Waals surface area (Å²) in [7, 11) is -0.633. The molecule has 0 radical (unpaired) electrons. The van der Waals surface area contributed by atoms with Crippen LogP contribution in [0.5, 0.6) is 5.75 Å². The number of nitrogens with one attached hydrogen (secondary N) is 2. The molecule has 0 bridgehead atoms. The Balaban J connectivity index is 1.84. The number of hydrogen-bond acceptors (Lipinski definition) is 7. The highest BCUT2D eigenvalue weighted by Crippen LogP contribution is 2.29. The zero-order valence-electron chi connectivity index (χ0n) is 19.7. The molecule has 0 heterocycles. The van der Waals surface area contributed by atoms with E-state index in [0.29, 0.717) is 29.3 Å². The van der Waals surface area contributed by atoms with Crippen LogP contribution in [0, 0.1) is 17.0 Å². The minimum Gasteiger partial charge on any atom is -0.494 e. The van der Waals surface area contributed by atoms with E-state index in [-0.39, 0.29) is 21.8 Å². The summed E-state index contributed by atoms with van der Waals surface area (Å²) in [4.78, 5) is 25.2. The van der Waals surface area contributed by atoms with E-state index in [0.717, 1.165) is 0 Å². The number of aryl methyl sites for hydroxylation is 1. The van der Waals surface area contributed by atoms with Crippen LogP contribution in [0.25, 0.3) is 0 Å². The Morgan fingerprint density at radius 1 is 1.03 bits per heavy atom. The third-order valence-corrected chi connectivity index (χ3v) is 6.59. The molecule has 11 heteroatoms. The number of carbonyl (C=O) groups excluding carboxylic acids is 1. The number of ether oxygens (including phenoxy) is 1. The first-order valence-electron chi connectivity index (χ1n) is 10.6. The van der Waals surface area contributed by atoms with E-state index in [2.05, 4.69) is 10.0 Å². The van der Waals surface area contributed by atoms with Crippen molar-refractivity contribution in [2.45, 2.75) is 18.7 Å². The van der Waals surface area contributed by atoms with E-state index in [1.165, 1.54) is 24.3 Å². The van der Waals surface area contributed by atoms with Crippen LogP contribution >= 0.6 is 0 Å². The van der Waals surface area contributed by atoms with E-state index in [9.17, 15) is 23.3 Å². The fourth-order valence-corrected chi connectivity index (χ4v) is 4.69. The van der Waals surface area contributed by atoms with Gasteiger partial charge in [0.15, 0.2) is 0 Å². The SMILES string of the molecule is CCOc1ccc(NS(=O)(=O)c2cc(NC(=O)c3ccc(N(C)C)c([N+](=O)[O-])c3)ccc2C)cc1.